The second-order valence-electron chi connectivity index (χ2n) is 7.03. The molecule has 32 heavy (non-hydrogen) atoms. The standard InChI is InChI=1S/C23H22N4O4S/c1-14-4-6-15(7-5-14)17-13-32-23(24-17)25-20(28)10-11-21-26-22(27-31-21)16-8-9-18(29-2)19(12-16)30-3/h4-9,12-13H,10-11H2,1-3H3,(H,24,25,28). The van der Waals surface area contributed by atoms with Crippen LogP contribution < -0.4 is 14.8 Å². The minimum atomic E-state index is -0.166. The third kappa shape index (κ3) is 4.94. The largest absolute Gasteiger partial charge is 0.493 e. The van der Waals surface area contributed by atoms with Gasteiger partial charge in [0.2, 0.25) is 17.6 Å². The Bertz CT molecular complexity index is 1220. The van der Waals surface area contributed by atoms with Crippen LogP contribution in [-0.4, -0.2) is 35.3 Å². The number of hydrogen-bond donors (Lipinski definition) is 1. The van der Waals surface area contributed by atoms with Crippen molar-refractivity contribution >= 4 is 22.4 Å². The molecule has 0 aliphatic carbocycles. The summed E-state index contributed by atoms with van der Waals surface area (Å²) in [7, 11) is 3.14. The van der Waals surface area contributed by atoms with Crippen molar-refractivity contribution in [3.05, 3.63) is 59.3 Å². The second kappa shape index (κ2) is 9.61. The molecule has 9 heteroatoms. The van der Waals surface area contributed by atoms with E-state index in [0.29, 0.717) is 34.8 Å². The Kier molecular flexibility index (Phi) is 6.46. The summed E-state index contributed by atoms with van der Waals surface area (Å²) in [6, 6.07) is 13.5. The highest BCUT2D eigenvalue weighted by atomic mass is 32.1. The maximum Gasteiger partial charge on any atom is 0.227 e. The van der Waals surface area contributed by atoms with Crippen LogP contribution >= 0.6 is 11.3 Å². The predicted molar refractivity (Wildman–Crippen MR) is 122 cm³/mol. The molecule has 0 spiro atoms. The lowest BCUT2D eigenvalue weighted by Crippen LogP contribution is -2.12. The molecule has 1 amide bonds. The number of methoxy groups -OCH3 is 2. The average molecular weight is 451 g/mol. The van der Waals surface area contributed by atoms with E-state index < -0.39 is 0 Å². The van der Waals surface area contributed by atoms with Gasteiger partial charge in [-0.1, -0.05) is 35.0 Å². The third-order valence-electron chi connectivity index (χ3n) is 4.77. The number of nitrogens with zero attached hydrogens (tertiary/aromatic N) is 3. The van der Waals surface area contributed by atoms with Gasteiger partial charge in [0.1, 0.15) is 0 Å². The zero-order valence-corrected chi connectivity index (χ0v) is 18.7. The third-order valence-corrected chi connectivity index (χ3v) is 5.53. The van der Waals surface area contributed by atoms with Crippen molar-refractivity contribution in [1.82, 2.24) is 15.1 Å². The van der Waals surface area contributed by atoms with Crippen molar-refractivity contribution in [3.8, 4) is 34.1 Å². The zero-order chi connectivity index (χ0) is 22.5. The Balaban J connectivity index is 1.34. The molecule has 0 radical (unpaired) electrons. The Hall–Kier alpha value is -3.72. The quantitative estimate of drug-likeness (QED) is 0.413. The van der Waals surface area contributed by atoms with Gasteiger partial charge in [0.15, 0.2) is 16.6 Å². The highest BCUT2D eigenvalue weighted by Gasteiger charge is 2.14. The first-order chi connectivity index (χ1) is 15.6. The number of rotatable bonds is 8. The number of aromatic nitrogens is 3. The maximum atomic E-state index is 12.3. The van der Waals surface area contributed by atoms with Gasteiger partial charge in [0.05, 0.1) is 19.9 Å². The van der Waals surface area contributed by atoms with E-state index in [1.165, 1.54) is 16.9 Å². The van der Waals surface area contributed by atoms with E-state index >= 15 is 0 Å². The number of aryl methyl sites for hydroxylation is 2. The van der Waals surface area contributed by atoms with Crippen molar-refractivity contribution in [2.24, 2.45) is 0 Å². The van der Waals surface area contributed by atoms with E-state index in [1.807, 2.05) is 42.6 Å². The molecule has 0 aliphatic rings. The van der Waals surface area contributed by atoms with Crippen molar-refractivity contribution in [2.75, 3.05) is 19.5 Å². The molecule has 2 aromatic carbocycles. The Morgan fingerprint density at radius 1 is 1.03 bits per heavy atom. The summed E-state index contributed by atoms with van der Waals surface area (Å²) in [4.78, 5) is 21.2. The smallest absolute Gasteiger partial charge is 0.227 e. The molecule has 2 aromatic heterocycles. The van der Waals surface area contributed by atoms with Gasteiger partial charge in [-0.3, -0.25) is 4.79 Å². The lowest BCUT2D eigenvalue weighted by molar-refractivity contribution is -0.116. The van der Waals surface area contributed by atoms with E-state index in [-0.39, 0.29) is 12.3 Å². The molecular weight excluding hydrogens is 428 g/mol. The summed E-state index contributed by atoms with van der Waals surface area (Å²) in [6.45, 7) is 2.04. The van der Waals surface area contributed by atoms with Gasteiger partial charge in [0, 0.05) is 29.3 Å². The molecule has 0 aliphatic heterocycles. The Labute approximate surface area is 189 Å². The Morgan fingerprint density at radius 3 is 2.53 bits per heavy atom. The summed E-state index contributed by atoms with van der Waals surface area (Å²) in [5, 5.41) is 9.31. The predicted octanol–water partition coefficient (Wildman–Crippen LogP) is 4.76. The average Bonchev–Trinajstić information content (AvgIpc) is 3.47. The molecule has 2 heterocycles. The van der Waals surface area contributed by atoms with E-state index in [1.54, 1.807) is 26.4 Å². The molecule has 4 rings (SSSR count). The van der Waals surface area contributed by atoms with Crippen LogP contribution in [-0.2, 0) is 11.2 Å². The van der Waals surface area contributed by atoms with Crippen LogP contribution in [0.15, 0.2) is 52.4 Å². The first kappa shape index (κ1) is 21.5. The van der Waals surface area contributed by atoms with E-state index in [9.17, 15) is 4.79 Å². The summed E-state index contributed by atoms with van der Waals surface area (Å²) in [5.74, 6) is 1.82. The molecule has 4 aromatic rings. The van der Waals surface area contributed by atoms with E-state index in [4.69, 9.17) is 14.0 Å². The van der Waals surface area contributed by atoms with Crippen LogP contribution in [0.5, 0.6) is 11.5 Å². The molecular formula is C23H22N4O4S. The molecule has 0 saturated heterocycles. The van der Waals surface area contributed by atoms with Crippen LogP contribution in [0, 0.1) is 6.92 Å². The number of nitrogens with one attached hydrogen (secondary N) is 1. The van der Waals surface area contributed by atoms with Gasteiger partial charge >= 0.3 is 0 Å². The number of ether oxygens (including phenoxy) is 2. The lowest BCUT2D eigenvalue weighted by Gasteiger charge is -2.07. The number of thiazole rings is 1. The molecule has 0 bridgehead atoms. The van der Waals surface area contributed by atoms with Crippen LogP contribution in [0.4, 0.5) is 5.13 Å². The number of amides is 1. The maximum absolute atomic E-state index is 12.3. The molecule has 0 saturated carbocycles. The number of hydrogen-bond acceptors (Lipinski definition) is 8. The van der Waals surface area contributed by atoms with Crippen LogP contribution in [0.2, 0.25) is 0 Å². The Morgan fingerprint density at radius 2 is 1.78 bits per heavy atom. The fourth-order valence-corrected chi connectivity index (χ4v) is 3.78. The second-order valence-corrected chi connectivity index (χ2v) is 7.89. The van der Waals surface area contributed by atoms with Crippen molar-refractivity contribution in [3.63, 3.8) is 0 Å². The van der Waals surface area contributed by atoms with Crippen molar-refractivity contribution in [1.29, 1.82) is 0 Å². The molecule has 0 atom stereocenters. The number of carbonyl (C=O) groups excluding carboxylic acids is 1. The van der Waals surface area contributed by atoms with Crippen LogP contribution in [0.25, 0.3) is 22.6 Å². The highest BCUT2D eigenvalue weighted by Crippen LogP contribution is 2.31. The molecule has 1 N–H and O–H groups in total. The summed E-state index contributed by atoms with van der Waals surface area (Å²) < 4.78 is 15.8. The van der Waals surface area contributed by atoms with Gasteiger partial charge in [0.25, 0.3) is 0 Å². The van der Waals surface area contributed by atoms with E-state index in [0.717, 1.165) is 16.8 Å². The van der Waals surface area contributed by atoms with Gasteiger partial charge in [-0.25, -0.2) is 4.98 Å². The first-order valence-electron chi connectivity index (χ1n) is 9.93. The van der Waals surface area contributed by atoms with Gasteiger partial charge < -0.3 is 19.3 Å². The van der Waals surface area contributed by atoms with E-state index in [2.05, 4.69) is 20.4 Å². The molecule has 0 fully saturated rings. The number of carbonyl (C=O) groups is 1. The van der Waals surface area contributed by atoms with Crippen LogP contribution in [0.3, 0.4) is 0 Å². The summed E-state index contributed by atoms with van der Waals surface area (Å²) >= 11 is 1.39. The fourth-order valence-electron chi connectivity index (χ4n) is 3.04. The highest BCUT2D eigenvalue weighted by molar-refractivity contribution is 7.14. The van der Waals surface area contributed by atoms with Crippen molar-refractivity contribution < 1.29 is 18.8 Å². The molecule has 8 nitrogen and oxygen atoms in total. The zero-order valence-electron chi connectivity index (χ0n) is 17.9. The first-order valence-corrected chi connectivity index (χ1v) is 10.8. The summed E-state index contributed by atoms with van der Waals surface area (Å²) in [6.07, 6.45) is 0.523. The van der Waals surface area contributed by atoms with Crippen molar-refractivity contribution in [2.45, 2.75) is 19.8 Å². The number of anilines is 1. The van der Waals surface area contributed by atoms with Gasteiger partial charge in [-0.05, 0) is 25.1 Å². The number of benzene rings is 2. The normalized spacial score (nSPS) is 10.7. The van der Waals surface area contributed by atoms with Crippen LogP contribution in [0.1, 0.15) is 17.9 Å². The SMILES string of the molecule is COc1ccc(-c2noc(CCC(=O)Nc3nc(-c4ccc(C)cc4)cs3)n2)cc1OC. The topological polar surface area (TPSA) is 99.4 Å². The monoisotopic (exact) mass is 450 g/mol. The van der Waals surface area contributed by atoms with Gasteiger partial charge in [-0.2, -0.15) is 4.98 Å². The molecule has 164 valence electrons. The minimum Gasteiger partial charge on any atom is -0.493 e. The lowest BCUT2D eigenvalue weighted by atomic mass is 10.1. The minimum absolute atomic E-state index is 0.166. The summed E-state index contributed by atoms with van der Waals surface area (Å²) in [5.41, 5.74) is 3.77. The fraction of sp³-hybridized carbons (Fsp3) is 0.217. The molecule has 0 unspecified atom stereocenters. The van der Waals surface area contributed by atoms with Gasteiger partial charge in [-0.15, -0.1) is 11.3 Å².